The van der Waals surface area contributed by atoms with Crippen molar-refractivity contribution in [1.82, 2.24) is 20.0 Å². The molecule has 0 fully saturated rings. The Morgan fingerprint density at radius 2 is 1.58 bits per heavy atom. The topological polar surface area (TPSA) is 85.7 Å². The van der Waals surface area contributed by atoms with Crippen molar-refractivity contribution in [3.63, 3.8) is 0 Å². The number of nitrogens with zero attached hydrogens (tertiary/aromatic N) is 3. The molecule has 0 aliphatic heterocycles. The van der Waals surface area contributed by atoms with Gasteiger partial charge in [-0.05, 0) is 31.6 Å². The van der Waals surface area contributed by atoms with Gasteiger partial charge >= 0.3 is 0 Å². The lowest BCUT2D eigenvalue weighted by Gasteiger charge is -2.17. The molecule has 0 saturated carbocycles. The minimum atomic E-state index is -0.333. The molecule has 0 unspecified atom stereocenters. The van der Waals surface area contributed by atoms with Crippen molar-refractivity contribution in [2.75, 3.05) is 34.4 Å². The standard InChI is InChI=1S/C28H30N4O4/c1-31(19-20-10-5-4-6-11-20)15-9-14-29-27(33)26-24-12-7-8-13-25(24)28(34)32(30-26)21-16-22(35-2)18-23(17-21)36-3/h4-8,10-13,16-18H,9,14-15,19H2,1-3H3,(H,29,33). The number of carbonyl (C=O) groups excluding carboxylic acids is 1. The second-order valence-electron chi connectivity index (χ2n) is 8.51. The van der Waals surface area contributed by atoms with Gasteiger partial charge in [0.15, 0.2) is 5.69 Å². The predicted molar refractivity (Wildman–Crippen MR) is 140 cm³/mol. The highest BCUT2D eigenvalue weighted by Gasteiger charge is 2.18. The Kier molecular flexibility index (Phi) is 7.97. The van der Waals surface area contributed by atoms with Gasteiger partial charge in [0.25, 0.3) is 11.5 Å². The molecule has 8 nitrogen and oxygen atoms in total. The number of methoxy groups -OCH3 is 2. The molecule has 4 aromatic rings. The van der Waals surface area contributed by atoms with Crippen LogP contribution in [0.15, 0.2) is 77.6 Å². The Balaban J connectivity index is 1.54. The third-order valence-corrected chi connectivity index (χ3v) is 5.90. The van der Waals surface area contributed by atoms with Crippen LogP contribution in [0.2, 0.25) is 0 Å². The summed E-state index contributed by atoms with van der Waals surface area (Å²) < 4.78 is 11.9. The average molecular weight is 487 g/mol. The van der Waals surface area contributed by atoms with Crippen molar-refractivity contribution in [3.05, 3.63) is 94.4 Å². The van der Waals surface area contributed by atoms with E-state index >= 15 is 0 Å². The van der Waals surface area contributed by atoms with Crippen LogP contribution >= 0.6 is 0 Å². The van der Waals surface area contributed by atoms with E-state index in [9.17, 15) is 9.59 Å². The first kappa shape index (κ1) is 24.9. The van der Waals surface area contributed by atoms with E-state index in [0.717, 1.165) is 19.5 Å². The zero-order valence-corrected chi connectivity index (χ0v) is 20.7. The molecular weight excluding hydrogens is 456 g/mol. The number of amides is 1. The maximum absolute atomic E-state index is 13.3. The summed E-state index contributed by atoms with van der Waals surface area (Å²) in [5.41, 5.74) is 1.54. The summed E-state index contributed by atoms with van der Waals surface area (Å²) in [5.74, 6) is 0.689. The van der Waals surface area contributed by atoms with Crippen LogP contribution in [-0.4, -0.2) is 54.9 Å². The Bertz CT molecular complexity index is 1380. The Morgan fingerprint density at radius 1 is 0.944 bits per heavy atom. The molecular formula is C28H30N4O4. The van der Waals surface area contributed by atoms with Crippen molar-refractivity contribution >= 4 is 16.7 Å². The van der Waals surface area contributed by atoms with Crippen LogP contribution in [0, 0.1) is 0 Å². The van der Waals surface area contributed by atoms with Crippen LogP contribution in [0.25, 0.3) is 16.5 Å². The molecule has 3 aromatic carbocycles. The molecule has 1 amide bonds. The monoisotopic (exact) mass is 486 g/mol. The van der Waals surface area contributed by atoms with Crippen molar-refractivity contribution in [3.8, 4) is 17.2 Å². The second kappa shape index (κ2) is 11.5. The largest absolute Gasteiger partial charge is 0.497 e. The first-order valence-corrected chi connectivity index (χ1v) is 11.8. The fraction of sp³-hybridized carbons (Fsp3) is 0.250. The minimum absolute atomic E-state index is 0.185. The number of hydrogen-bond acceptors (Lipinski definition) is 6. The van der Waals surface area contributed by atoms with Gasteiger partial charge in [-0.15, -0.1) is 0 Å². The van der Waals surface area contributed by atoms with Gasteiger partial charge < -0.3 is 19.7 Å². The molecule has 1 heterocycles. The molecule has 0 radical (unpaired) electrons. The molecule has 0 saturated heterocycles. The number of ether oxygens (including phenoxy) is 2. The first-order valence-electron chi connectivity index (χ1n) is 11.8. The zero-order valence-electron chi connectivity index (χ0n) is 20.7. The highest BCUT2D eigenvalue weighted by Crippen LogP contribution is 2.25. The predicted octanol–water partition coefficient (Wildman–Crippen LogP) is 3.65. The van der Waals surface area contributed by atoms with Crippen LogP contribution in [0.4, 0.5) is 0 Å². The average Bonchev–Trinajstić information content (AvgIpc) is 2.91. The van der Waals surface area contributed by atoms with Crippen molar-refractivity contribution in [1.29, 1.82) is 0 Å². The molecule has 0 atom stereocenters. The van der Waals surface area contributed by atoms with E-state index in [1.54, 1.807) is 42.5 Å². The van der Waals surface area contributed by atoms with E-state index < -0.39 is 0 Å². The maximum atomic E-state index is 13.3. The van der Waals surface area contributed by atoms with Crippen LogP contribution < -0.4 is 20.3 Å². The lowest BCUT2D eigenvalue weighted by molar-refractivity contribution is 0.0947. The Hall–Kier alpha value is -4.17. The molecule has 8 heteroatoms. The molecule has 36 heavy (non-hydrogen) atoms. The van der Waals surface area contributed by atoms with Gasteiger partial charge in [-0.1, -0.05) is 48.5 Å². The Labute approximate surface area is 210 Å². The van der Waals surface area contributed by atoms with Gasteiger partial charge in [0, 0.05) is 36.7 Å². The van der Waals surface area contributed by atoms with Crippen molar-refractivity contribution in [2.24, 2.45) is 0 Å². The molecule has 1 aromatic heterocycles. The molecule has 0 bridgehead atoms. The van der Waals surface area contributed by atoms with E-state index in [0.29, 0.717) is 34.5 Å². The van der Waals surface area contributed by atoms with Gasteiger partial charge in [0.1, 0.15) is 11.5 Å². The summed E-state index contributed by atoms with van der Waals surface area (Å²) in [6.45, 7) is 2.16. The molecule has 0 spiro atoms. The fourth-order valence-electron chi connectivity index (χ4n) is 4.06. The van der Waals surface area contributed by atoms with Gasteiger partial charge in [-0.2, -0.15) is 9.78 Å². The quantitative estimate of drug-likeness (QED) is 0.345. The lowest BCUT2D eigenvalue weighted by atomic mass is 10.1. The van der Waals surface area contributed by atoms with Gasteiger partial charge in [-0.3, -0.25) is 9.59 Å². The van der Waals surface area contributed by atoms with Crippen LogP contribution in [0.1, 0.15) is 22.5 Å². The first-order chi connectivity index (χ1) is 17.5. The summed E-state index contributed by atoms with van der Waals surface area (Å²) in [6.07, 6.45) is 0.778. The number of hydrogen-bond donors (Lipinski definition) is 1. The van der Waals surface area contributed by atoms with E-state index in [1.807, 2.05) is 18.2 Å². The summed E-state index contributed by atoms with van der Waals surface area (Å²) in [6, 6.07) is 22.3. The van der Waals surface area contributed by atoms with Gasteiger partial charge in [-0.25, -0.2) is 0 Å². The van der Waals surface area contributed by atoms with E-state index in [4.69, 9.17) is 9.47 Å². The highest BCUT2D eigenvalue weighted by molar-refractivity contribution is 6.04. The summed E-state index contributed by atoms with van der Waals surface area (Å²) in [5, 5.41) is 8.33. The third kappa shape index (κ3) is 5.72. The minimum Gasteiger partial charge on any atom is -0.497 e. The third-order valence-electron chi connectivity index (χ3n) is 5.90. The van der Waals surface area contributed by atoms with Crippen LogP contribution in [-0.2, 0) is 6.54 Å². The van der Waals surface area contributed by atoms with Crippen molar-refractivity contribution in [2.45, 2.75) is 13.0 Å². The maximum Gasteiger partial charge on any atom is 0.279 e. The fourth-order valence-corrected chi connectivity index (χ4v) is 4.06. The summed E-state index contributed by atoms with van der Waals surface area (Å²) >= 11 is 0. The highest BCUT2D eigenvalue weighted by atomic mass is 16.5. The van der Waals surface area contributed by atoms with Gasteiger partial charge in [0.05, 0.1) is 25.3 Å². The summed E-state index contributed by atoms with van der Waals surface area (Å²) in [4.78, 5) is 28.7. The molecule has 4 rings (SSSR count). The molecule has 0 aliphatic rings. The van der Waals surface area contributed by atoms with E-state index in [-0.39, 0.29) is 17.2 Å². The van der Waals surface area contributed by atoms with E-state index in [2.05, 4.69) is 34.5 Å². The number of nitrogens with one attached hydrogen (secondary N) is 1. The molecule has 186 valence electrons. The zero-order chi connectivity index (χ0) is 25.5. The van der Waals surface area contributed by atoms with Crippen molar-refractivity contribution < 1.29 is 14.3 Å². The number of rotatable bonds is 10. The lowest BCUT2D eigenvalue weighted by Crippen LogP contribution is -2.31. The number of fused-ring (bicyclic) bond motifs is 1. The van der Waals surface area contributed by atoms with E-state index in [1.165, 1.54) is 24.5 Å². The SMILES string of the molecule is COc1cc(OC)cc(-n2nc(C(=O)NCCCN(C)Cc3ccccc3)c3ccccc3c2=O)c1. The number of benzene rings is 3. The Morgan fingerprint density at radius 3 is 2.25 bits per heavy atom. The van der Waals surface area contributed by atoms with Gasteiger partial charge in [0.2, 0.25) is 0 Å². The molecule has 1 N–H and O–H groups in total. The number of carbonyl (C=O) groups is 1. The molecule has 0 aliphatic carbocycles. The van der Waals surface area contributed by atoms with Crippen LogP contribution in [0.3, 0.4) is 0 Å². The number of aromatic nitrogens is 2. The second-order valence-corrected chi connectivity index (χ2v) is 8.51. The van der Waals surface area contributed by atoms with Crippen LogP contribution in [0.5, 0.6) is 11.5 Å². The smallest absolute Gasteiger partial charge is 0.279 e. The summed E-state index contributed by atoms with van der Waals surface area (Å²) in [7, 11) is 5.12. The normalized spacial score (nSPS) is 11.0.